The van der Waals surface area contributed by atoms with Gasteiger partial charge in [-0.3, -0.25) is 0 Å². The van der Waals surface area contributed by atoms with Crippen LogP contribution in [0.4, 0.5) is 0 Å². The third-order valence-corrected chi connectivity index (χ3v) is 3.34. The summed E-state index contributed by atoms with van der Waals surface area (Å²) in [6, 6.07) is 11.2. The molecule has 1 atom stereocenters. The molecule has 1 aliphatic heterocycles. The van der Waals surface area contributed by atoms with Crippen LogP contribution >= 0.6 is 0 Å². The van der Waals surface area contributed by atoms with Crippen molar-refractivity contribution in [3.05, 3.63) is 53.3 Å². The first-order valence-electron chi connectivity index (χ1n) is 6.72. The highest BCUT2D eigenvalue weighted by molar-refractivity contribution is 5.88. The summed E-state index contributed by atoms with van der Waals surface area (Å²) in [5, 5.41) is 9.15. The summed E-state index contributed by atoms with van der Waals surface area (Å²) in [5.41, 5.74) is 1.72. The highest BCUT2D eigenvalue weighted by atomic mass is 16.5. The fourth-order valence-corrected chi connectivity index (χ4v) is 2.34. The molecule has 1 unspecified atom stereocenters. The predicted molar refractivity (Wildman–Crippen MR) is 76.0 cm³/mol. The number of nitrogens with zero attached hydrogens (tertiary/aromatic N) is 1. The van der Waals surface area contributed by atoms with Gasteiger partial charge in [-0.25, -0.2) is 9.78 Å². The number of pyridine rings is 1. The molecule has 0 saturated carbocycles. The normalized spacial score (nSPS) is 16.1. The van der Waals surface area contributed by atoms with Gasteiger partial charge < -0.3 is 14.6 Å². The molecule has 21 heavy (non-hydrogen) atoms. The smallest absolute Gasteiger partial charge is 0.358 e. The summed E-state index contributed by atoms with van der Waals surface area (Å²) in [4.78, 5) is 15.2. The first-order valence-corrected chi connectivity index (χ1v) is 6.72. The zero-order valence-electron chi connectivity index (χ0n) is 11.6. The van der Waals surface area contributed by atoms with E-state index in [1.54, 1.807) is 19.1 Å². The Labute approximate surface area is 122 Å². The lowest BCUT2D eigenvalue weighted by atomic mass is 10.1. The number of hydrogen-bond acceptors (Lipinski definition) is 4. The van der Waals surface area contributed by atoms with E-state index >= 15 is 0 Å². The number of aromatic nitrogens is 1. The van der Waals surface area contributed by atoms with Crippen LogP contribution in [0.2, 0.25) is 0 Å². The number of ether oxygens (including phenoxy) is 2. The van der Waals surface area contributed by atoms with Crippen LogP contribution < -0.4 is 9.47 Å². The maximum atomic E-state index is 11.2. The summed E-state index contributed by atoms with van der Waals surface area (Å²) >= 11 is 0. The largest absolute Gasteiger partial charge is 0.487 e. The van der Waals surface area contributed by atoms with Crippen molar-refractivity contribution in [2.75, 3.05) is 6.61 Å². The van der Waals surface area contributed by atoms with Crippen molar-refractivity contribution in [2.24, 2.45) is 0 Å². The second-order valence-electron chi connectivity index (χ2n) is 4.97. The average molecular weight is 285 g/mol. The summed E-state index contributed by atoms with van der Waals surface area (Å²) in [6.45, 7) is 2.03. The number of fused-ring (bicyclic) bond motifs is 1. The molecule has 0 spiro atoms. The Balaban J connectivity index is 1.68. The van der Waals surface area contributed by atoms with Crippen molar-refractivity contribution < 1.29 is 19.4 Å². The Morgan fingerprint density at radius 1 is 1.38 bits per heavy atom. The average Bonchev–Trinajstić information content (AvgIpc) is 2.88. The molecular weight excluding hydrogens is 270 g/mol. The van der Waals surface area contributed by atoms with Crippen molar-refractivity contribution in [1.82, 2.24) is 4.98 Å². The van der Waals surface area contributed by atoms with Gasteiger partial charge in [0, 0.05) is 12.1 Å². The van der Waals surface area contributed by atoms with Gasteiger partial charge in [0.1, 0.15) is 18.5 Å². The van der Waals surface area contributed by atoms with Crippen LogP contribution in [-0.2, 0) is 6.42 Å². The van der Waals surface area contributed by atoms with Crippen molar-refractivity contribution in [3.8, 4) is 11.5 Å². The molecule has 0 radical (unpaired) electrons. The van der Waals surface area contributed by atoms with E-state index in [0.29, 0.717) is 12.3 Å². The molecular formula is C16H15NO4. The molecule has 1 aromatic heterocycles. The zero-order chi connectivity index (χ0) is 14.8. The van der Waals surface area contributed by atoms with Gasteiger partial charge in [0.2, 0.25) is 0 Å². The second-order valence-corrected chi connectivity index (χ2v) is 4.97. The molecule has 5 nitrogen and oxygen atoms in total. The minimum absolute atomic E-state index is 0.0643. The number of aromatic carboxylic acids is 1. The Morgan fingerprint density at radius 3 is 2.95 bits per heavy atom. The van der Waals surface area contributed by atoms with E-state index < -0.39 is 5.97 Å². The number of carboxylic acid groups (broad SMARTS) is 1. The summed E-state index contributed by atoms with van der Waals surface area (Å²) in [6.07, 6.45) is 0.656. The molecule has 2 aromatic rings. The van der Waals surface area contributed by atoms with E-state index in [4.69, 9.17) is 14.6 Å². The lowest BCUT2D eigenvalue weighted by Crippen LogP contribution is -2.23. The van der Waals surface area contributed by atoms with E-state index in [9.17, 15) is 4.79 Å². The Hall–Kier alpha value is -2.56. The summed E-state index contributed by atoms with van der Waals surface area (Å²) < 4.78 is 11.4. The zero-order valence-corrected chi connectivity index (χ0v) is 11.6. The third kappa shape index (κ3) is 2.81. The monoisotopic (exact) mass is 285 g/mol. The van der Waals surface area contributed by atoms with Gasteiger partial charge in [-0.15, -0.1) is 0 Å². The lowest BCUT2D eigenvalue weighted by molar-refractivity contribution is 0.0681. The van der Waals surface area contributed by atoms with E-state index in [2.05, 4.69) is 4.98 Å². The third-order valence-electron chi connectivity index (χ3n) is 3.34. The summed E-state index contributed by atoms with van der Waals surface area (Å²) in [5.74, 6) is 0.0450. The first kappa shape index (κ1) is 13.4. The standard InChI is InChI=1S/C16H15NO4/c1-10-6-7-14(15(17-10)16(18)19)20-9-12-8-11-4-2-3-5-13(11)21-12/h2-7,12H,8-9H2,1H3,(H,18,19). The minimum Gasteiger partial charge on any atom is -0.487 e. The van der Waals surface area contributed by atoms with Gasteiger partial charge in [-0.2, -0.15) is 0 Å². The van der Waals surface area contributed by atoms with Gasteiger partial charge in [0.25, 0.3) is 0 Å². The number of carbonyl (C=O) groups is 1. The molecule has 5 heteroatoms. The van der Waals surface area contributed by atoms with E-state index in [-0.39, 0.29) is 17.5 Å². The van der Waals surface area contributed by atoms with Gasteiger partial charge >= 0.3 is 5.97 Å². The van der Waals surface area contributed by atoms with Gasteiger partial charge in [0.05, 0.1) is 0 Å². The maximum absolute atomic E-state index is 11.2. The van der Waals surface area contributed by atoms with Crippen LogP contribution in [0, 0.1) is 6.92 Å². The van der Waals surface area contributed by atoms with Crippen LogP contribution in [0.15, 0.2) is 36.4 Å². The van der Waals surface area contributed by atoms with Crippen LogP contribution in [0.5, 0.6) is 11.5 Å². The number of hydrogen-bond donors (Lipinski definition) is 1. The highest BCUT2D eigenvalue weighted by Gasteiger charge is 2.24. The van der Waals surface area contributed by atoms with E-state index in [1.165, 1.54) is 0 Å². The number of benzene rings is 1. The number of para-hydroxylation sites is 1. The molecule has 0 saturated heterocycles. The molecule has 0 aliphatic carbocycles. The van der Waals surface area contributed by atoms with Crippen LogP contribution in [-0.4, -0.2) is 28.8 Å². The SMILES string of the molecule is Cc1ccc(OCC2Cc3ccccc3O2)c(C(=O)O)n1. The lowest BCUT2D eigenvalue weighted by Gasteiger charge is -2.13. The van der Waals surface area contributed by atoms with Crippen LogP contribution in [0.25, 0.3) is 0 Å². The highest BCUT2D eigenvalue weighted by Crippen LogP contribution is 2.28. The fraction of sp³-hybridized carbons (Fsp3) is 0.250. The van der Waals surface area contributed by atoms with E-state index in [1.807, 2.05) is 24.3 Å². The van der Waals surface area contributed by atoms with Gasteiger partial charge in [0.15, 0.2) is 11.4 Å². The summed E-state index contributed by atoms with van der Waals surface area (Å²) in [7, 11) is 0. The molecule has 0 fully saturated rings. The predicted octanol–water partition coefficient (Wildman–Crippen LogP) is 2.47. The molecule has 1 aliphatic rings. The Bertz CT molecular complexity index is 659. The maximum Gasteiger partial charge on any atom is 0.358 e. The molecule has 1 N–H and O–H groups in total. The number of aryl methyl sites for hydroxylation is 1. The molecule has 3 rings (SSSR count). The molecule has 0 amide bonds. The first-order chi connectivity index (χ1) is 10.1. The van der Waals surface area contributed by atoms with Crippen molar-refractivity contribution in [3.63, 3.8) is 0 Å². The topological polar surface area (TPSA) is 68.7 Å². The molecule has 0 bridgehead atoms. The number of rotatable bonds is 4. The number of carboxylic acids is 1. The Kier molecular flexibility index (Phi) is 3.48. The minimum atomic E-state index is -1.09. The molecule has 2 heterocycles. The molecule has 108 valence electrons. The Morgan fingerprint density at radius 2 is 2.19 bits per heavy atom. The molecule has 1 aromatic carbocycles. The van der Waals surface area contributed by atoms with Gasteiger partial charge in [-0.1, -0.05) is 18.2 Å². The fourth-order valence-electron chi connectivity index (χ4n) is 2.34. The van der Waals surface area contributed by atoms with Gasteiger partial charge in [-0.05, 0) is 30.7 Å². The van der Waals surface area contributed by atoms with Crippen LogP contribution in [0.3, 0.4) is 0 Å². The second kappa shape index (κ2) is 5.44. The quantitative estimate of drug-likeness (QED) is 0.934. The van der Waals surface area contributed by atoms with E-state index in [0.717, 1.165) is 17.7 Å². The van der Waals surface area contributed by atoms with Crippen molar-refractivity contribution in [1.29, 1.82) is 0 Å². The van der Waals surface area contributed by atoms with Crippen LogP contribution in [0.1, 0.15) is 21.7 Å². The van der Waals surface area contributed by atoms with Crippen molar-refractivity contribution in [2.45, 2.75) is 19.4 Å². The van der Waals surface area contributed by atoms with Crippen molar-refractivity contribution >= 4 is 5.97 Å².